The molecule has 5 heteroatoms. The summed E-state index contributed by atoms with van der Waals surface area (Å²) in [7, 11) is 2.73. The van der Waals surface area contributed by atoms with Gasteiger partial charge >= 0.3 is 5.97 Å². The highest BCUT2D eigenvalue weighted by atomic mass is 35.5. The molecule has 16 heavy (non-hydrogen) atoms. The monoisotopic (exact) mass is 239 g/mol. The van der Waals surface area contributed by atoms with Gasteiger partial charge in [0.1, 0.15) is 11.8 Å². The molecule has 0 fully saturated rings. The topological polar surface area (TPSA) is 59.3 Å². The third-order valence-corrected chi connectivity index (χ3v) is 2.34. The van der Waals surface area contributed by atoms with E-state index < -0.39 is 5.97 Å². The maximum Gasteiger partial charge on any atom is 0.337 e. The van der Waals surface area contributed by atoms with Crippen LogP contribution in [-0.2, 0) is 10.6 Å². The Morgan fingerprint density at radius 2 is 2.19 bits per heavy atom. The summed E-state index contributed by atoms with van der Waals surface area (Å²) in [6.45, 7) is 0. The highest BCUT2D eigenvalue weighted by Crippen LogP contribution is 2.27. The lowest BCUT2D eigenvalue weighted by atomic mass is 10.1. The Kier molecular flexibility index (Phi) is 4.15. The standard InChI is InChI=1S/C11H10ClNO3/c1-15-10-8(5-12)3-7(11(14)16-2)4-9(10)6-13/h3-4H,5H2,1-2H3. The number of rotatable bonds is 3. The van der Waals surface area contributed by atoms with Crippen molar-refractivity contribution in [2.24, 2.45) is 0 Å². The molecular formula is C11H10ClNO3. The molecule has 0 aromatic heterocycles. The summed E-state index contributed by atoms with van der Waals surface area (Å²) in [4.78, 5) is 11.3. The maximum absolute atomic E-state index is 11.3. The van der Waals surface area contributed by atoms with Crippen molar-refractivity contribution in [1.29, 1.82) is 5.26 Å². The Morgan fingerprint density at radius 1 is 1.50 bits per heavy atom. The first kappa shape index (κ1) is 12.3. The molecule has 0 aliphatic heterocycles. The predicted octanol–water partition coefficient (Wildman–Crippen LogP) is 2.09. The Labute approximate surface area is 98.3 Å². The molecule has 0 amide bonds. The summed E-state index contributed by atoms with van der Waals surface area (Å²) in [6.07, 6.45) is 0. The van der Waals surface area contributed by atoms with E-state index in [-0.39, 0.29) is 17.0 Å². The molecule has 0 aliphatic rings. The molecule has 0 saturated heterocycles. The number of hydrogen-bond acceptors (Lipinski definition) is 4. The number of halogens is 1. The number of carbonyl (C=O) groups is 1. The van der Waals surface area contributed by atoms with Crippen molar-refractivity contribution in [3.8, 4) is 11.8 Å². The van der Waals surface area contributed by atoms with Crippen LogP contribution in [0, 0.1) is 11.3 Å². The van der Waals surface area contributed by atoms with Gasteiger partial charge in [0.25, 0.3) is 0 Å². The van der Waals surface area contributed by atoms with Gasteiger partial charge in [-0.05, 0) is 12.1 Å². The van der Waals surface area contributed by atoms with E-state index in [0.29, 0.717) is 11.3 Å². The quantitative estimate of drug-likeness (QED) is 0.599. The number of ether oxygens (including phenoxy) is 2. The van der Waals surface area contributed by atoms with Crippen LogP contribution in [0.3, 0.4) is 0 Å². The largest absolute Gasteiger partial charge is 0.495 e. The van der Waals surface area contributed by atoms with Crippen molar-refractivity contribution in [1.82, 2.24) is 0 Å². The molecule has 0 bridgehead atoms. The molecule has 0 saturated carbocycles. The van der Waals surface area contributed by atoms with Crippen LogP contribution >= 0.6 is 11.6 Å². The van der Waals surface area contributed by atoms with Crippen LogP contribution in [0.25, 0.3) is 0 Å². The van der Waals surface area contributed by atoms with E-state index in [2.05, 4.69) is 4.74 Å². The minimum Gasteiger partial charge on any atom is -0.495 e. The summed E-state index contributed by atoms with van der Waals surface area (Å²) in [5.74, 6) is 0.0403. The fraction of sp³-hybridized carbons (Fsp3) is 0.273. The van der Waals surface area contributed by atoms with Crippen LogP contribution in [0.2, 0.25) is 0 Å². The van der Waals surface area contributed by atoms with Gasteiger partial charge in [-0.1, -0.05) is 0 Å². The first-order valence-electron chi connectivity index (χ1n) is 4.43. The molecule has 1 aromatic rings. The van der Waals surface area contributed by atoms with Gasteiger partial charge < -0.3 is 9.47 Å². The Hall–Kier alpha value is -1.73. The molecule has 0 heterocycles. The highest BCUT2D eigenvalue weighted by Gasteiger charge is 2.15. The molecule has 0 aliphatic carbocycles. The zero-order valence-electron chi connectivity index (χ0n) is 8.91. The van der Waals surface area contributed by atoms with Gasteiger partial charge in [0.05, 0.1) is 31.2 Å². The normalized spacial score (nSPS) is 9.38. The average molecular weight is 240 g/mol. The van der Waals surface area contributed by atoms with Crippen LogP contribution in [0.5, 0.6) is 5.75 Å². The zero-order valence-corrected chi connectivity index (χ0v) is 9.67. The minimum absolute atomic E-state index is 0.155. The van der Waals surface area contributed by atoms with E-state index in [9.17, 15) is 4.79 Å². The number of nitrogens with zero attached hydrogens (tertiary/aromatic N) is 1. The van der Waals surface area contributed by atoms with Crippen LogP contribution in [0.15, 0.2) is 12.1 Å². The highest BCUT2D eigenvalue weighted by molar-refractivity contribution is 6.17. The number of carbonyl (C=O) groups excluding carboxylic acids is 1. The van der Waals surface area contributed by atoms with Crippen LogP contribution in [0.1, 0.15) is 21.5 Å². The van der Waals surface area contributed by atoms with Crippen molar-refractivity contribution >= 4 is 17.6 Å². The Bertz CT molecular complexity index is 451. The number of alkyl halides is 1. The lowest BCUT2D eigenvalue weighted by Crippen LogP contribution is -2.04. The number of hydrogen-bond donors (Lipinski definition) is 0. The molecule has 0 N–H and O–H groups in total. The van der Waals surface area contributed by atoms with Gasteiger partial charge in [-0.25, -0.2) is 4.79 Å². The fourth-order valence-electron chi connectivity index (χ4n) is 1.35. The molecule has 0 atom stereocenters. The second-order valence-electron chi connectivity index (χ2n) is 2.95. The molecule has 1 aromatic carbocycles. The number of methoxy groups -OCH3 is 2. The van der Waals surface area contributed by atoms with Gasteiger partial charge in [0.2, 0.25) is 0 Å². The molecule has 84 valence electrons. The minimum atomic E-state index is -0.509. The second-order valence-corrected chi connectivity index (χ2v) is 3.22. The van der Waals surface area contributed by atoms with E-state index in [1.807, 2.05) is 6.07 Å². The Morgan fingerprint density at radius 3 is 2.62 bits per heavy atom. The third kappa shape index (κ3) is 2.26. The van der Waals surface area contributed by atoms with Crippen LogP contribution < -0.4 is 4.74 Å². The summed E-state index contributed by atoms with van der Waals surface area (Å²) >= 11 is 5.72. The van der Waals surface area contributed by atoms with Gasteiger partial charge in [-0.2, -0.15) is 5.26 Å². The molecular weight excluding hydrogens is 230 g/mol. The number of esters is 1. The number of nitriles is 1. The van der Waals surface area contributed by atoms with E-state index in [1.165, 1.54) is 20.3 Å². The lowest BCUT2D eigenvalue weighted by Gasteiger charge is -2.09. The average Bonchev–Trinajstić information content (AvgIpc) is 2.35. The SMILES string of the molecule is COC(=O)c1cc(C#N)c(OC)c(CCl)c1. The van der Waals surface area contributed by atoms with E-state index in [4.69, 9.17) is 21.6 Å². The molecule has 0 spiro atoms. The first-order chi connectivity index (χ1) is 7.67. The summed E-state index contributed by atoms with van der Waals surface area (Å²) < 4.78 is 9.64. The lowest BCUT2D eigenvalue weighted by molar-refractivity contribution is 0.0600. The van der Waals surface area contributed by atoms with Crippen molar-refractivity contribution in [3.63, 3.8) is 0 Å². The molecule has 0 radical (unpaired) electrons. The van der Waals surface area contributed by atoms with E-state index in [0.717, 1.165) is 0 Å². The maximum atomic E-state index is 11.3. The fourth-order valence-corrected chi connectivity index (χ4v) is 1.55. The first-order valence-corrected chi connectivity index (χ1v) is 4.96. The van der Waals surface area contributed by atoms with Gasteiger partial charge in [-0.3, -0.25) is 0 Å². The van der Waals surface area contributed by atoms with Crippen molar-refractivity contribution < 1.29 is 14.3 Å². The van der Waals surface area contributed by atoms with Crippen molar-refractivity contribution in [2.75, 3.05) is 14.2 Å². The van der Waals surface area contributed by atoms with Crippen LogP contribution in [-0.4, -0.2) is 20.2 Å². The number of benzene rings is 1. The second kappa shape index (κ2) is 5.38. The van der Waals surface area contributed by atoms with E-state index >= 15 is 0 Å². The van der Waals surface area contributed by atoms with Crippen LogP contribution in [0.4, 0.5) is 0 Å². The zero-order chi connectivity index (χ0) is 12.1. The molecule has 4 nitrogen and oxygen atoms in total. The van der Waals surface area contributed by atoms with Gasteiger partial charge in [0, 0.05) is 5.56 Å². The molecule has 0 unspecified atom stereocenters. The third-order valence-electron chi connectivity index (χ3n) is 2.06. The van der Waals surface area contributed by atoms with Gasteiger partial charge in [-0.15, -0.1) is 11.6 Å². The van der Waals surface area contributed by atoms with Crippen molar-refractivity contribution in [2.45, 2.75) is 5.88 Å². The predicted molar refractivity (Wildman–Crippen MR) is 58.6 cm³/mol. The van der Waals surface area contributed by atoms with E-state index in [1.54, 1.807) is 6.07 Å². The summed E-state index contributed by atoms with van der Waals surface area (Å²) in [5.41, 5.74) is 1.14. The molecule has 1 rings (SSSR count). The summed E-state index contributed by atoms with van der Waals surface area (Å²) in [6, 6.07) is 4.92. The van der Waals surface area contributed by atoms with Crippen molar-refractivity contribution in [3.05, 3.63) is 28.8 Å². The van der Waals surface area contributed by atoms with Gasteiger partial charge in [0.15, 0.2) is 0 Å². The Balaban J connectivity index is 3.38. The smallest absolute Gasteiger partial charge is 0.337 e. The summed E-state index contributed by atoms with van der Waals surface area (Å²) in [5, 5.41) is 8.92.